The highest BCUT2D eigenvalue weighted by atomic mass is 16.1. The Bertz CT molecular complexity index is 132. The SMILES string of the molecule is CC(C)C(=O)NCCC[NH+](C)C. The van der Waals surface area contributed by atoms with E-state index in [0.717, 1.165) is 19.5 Å². The maximum Gasteiger partial charge on any atom is 0.222 e. The van der Waals surface area contributed by atoms with Crippen LogP contribution in [-0.2, 0) is 4.79 Å². The van der Waals surface area contributed by atoms with Crippen LogP contribution in [0.1, 0.15) is 20.3 Å². The summed E-state index contributed by atoms with van der Waals surface area (Å²) in [6, 6.07) is 0. The molecule has 0 aromatic carbocycles. The first-order chi connectivity index (χ1) is 5.54. The second-order valence-electron chi connectivity index (χ2n) is 3.76. The number of carbonyl (C=O) groups is 1. The zero-order valence-electron chi connectivity index (χ0n) is 8.61. The molecule has 0 unspecified atom stereocenters. The molecule has 0 rings (SSSR count). The zero-order valence-corrected chi connectivity index (χ0v) is 8.61. The van der Waals surface area contributed by atoms with Crippen molar-refractivity contribution < 1.29 is 9.69 Å². The van der Waals surface area contributed by atoms with Gasteiger partial charge in [0.2, 0.25) is 5.91 Å². The van der Waals surface area contributed by atoms with Crippen molar-refractivity contribution in [2.45, 2.75) is 20.3 Å². The predicted octanol–water partition coefficient (Wildman–Crippen LogP) is -0.707. The molecule has 0 aliphatic heterocycles. The molecule has 12 heavy (non-hydrogen) atoms. The van der Waals surface area contributed by atoms with Crippen molar-refractivity contribution in [3.8, 4) is 0 Å². The molecule has 0 aromatic heterocycles. The second kappa shape index (κ2) is 6.00. The molecule has 0 aliphatic carbocycles. The van der Waals surface area contributed by atoms with E-state index in [1.165, 1.54) is 4.90 Å². The number of rotatable bonds is 5. The molecule has 0 heterocycles. The van der Waals surface area contributed by atoms with E-state index in [1.807, 2.05) is 13.8 Å². The number of hydrogen-bond acceptors (Lipinski definition) is 1. The normalized spacial score (nSPS) is 10.8. The van der Waals surface area contributed by atoms with Crippen LogP contribution in [-0.4, -0.2) is 33.1 Å². The van der Waals surface area contributed by atoms with Crippen LogP contribution in [0.15, 0.2) is 0 Å². The Morgan fingerprint density at radius 1 is 1.42 bits per heavy atom. The third kappa shape index (κ3) is 6.16. The third-order valence-corrected chi connectivity index (χ3v) is 1.68. The summed E-state index contributed by atoms with van der Waals surface area (Å²) < 4.78 is 0. The minimum absolute atomic E-state index is 0.108. The lowest BCUT2D eigenvalue weighted by Gasteiger charge is -2.09. The number of amides is 1. The van der Waals surface area contributed by atoms with E-state index in [9.17, 15) is 4.79 Å². The van der Waals surface area contributed by atoms with Crippen LogP contribution in [0.2, 0.25) is 0 Å². The summed E-state index contributed by atoms with van der Waals surface area (Å²) >= 11 is 0. The van der Waals surface area contributed by atoms with Crippen LogP contribution < -0.4 is 10.2 Å². The number of quaternary nitrogens is 1. The first kappa shape index (κ1) is 11.4. The minimum Gasteiger partial charge on any atom is -0.356 e. The van der Waals surface area contributed by atoms with Crippen molar-refractivity contribution in [2.24, 2.45) is 5.92 Å². The fraction of sp³-hybridized carbons (Fsp3) is 0.889. The first-order valence-electron chi connectivity index (χ1n) is 4.60. The highest BCUT2D eigenvalue weighted by Gasteiger charge is 2.04. The molecule has 72 valence electrons. The molecule has 0 saturated heterocycles. The lowest BCUT2D eigenvalue weighted by atomic mass is 10.2. The predicted molar refractivity (Wildman–Crippen MR) is 50.1 cm³/mol. The first-order valence-corrected chi connectivity index (χ1v) is 4.60. The molecule has 0 saturated carbocycles. The van der Waals surface area contributed by atoms with Gasteiger partial charge in [0.05, 0.1) is 20.6 Å². The van der Waals surface area contributed by atoms with Crippen molar-refractivity contribution >= 4 is 5.91 Å². The third-order valence-electron chi connectivity index (χ3n) is 1.68. The van der Waals surface area contributed by atoms with Gasteiger partial charge in [0, 0.05) is 18.9 Å². The summed E-state index contributed by atoms with van der Waals surface area (Å²) in [6.07, 6.45) is 1.06. The van der Waals surface area contributed by atoms with E-state index in [2.05, 4.69) is 19.4 Å². The van der Waals surface area contributed by atoms with Crippen molar-refractivity contribution in [1.29, 1.82) is 0 Å². The molecule has 0 aliphatic rings. The Morgan fingerprint density at radius 2 is 2.00 bits per heavy atom. The van der Waals surface area contributed by atoms with E-state index >= 15 is 0 Å². The largest absolute Gasteiger partial charge is 0.356 e. The Kier molecular flexibility index (Phi) is 5.72. The summed E-state index contributed by atoms with van der Waals surface area (Å²) in [6.45, 7) is 5.74. The molecule has 0 aromatic rings. The Hall–Kier alpha value is -0.570. The summed E-state index contributed by atoms with van der Waals surface area (Å²) in [5.74, 6) is 0.264. The van der Waals surface area contributed by atoms with Gasteiger partial charge in [-0.25, -0.2) is 0 Å². The van der Waals surface area contributed by atoms with Gasteiger partial charge in [-0.2, -0.15) is 0 Å². The Morgan fingerprint density at radius 3 is 2.42 bits per heavy atom. The lowest BCUT2D eigenvalue weighted by Crippen LogP contribution is -3.05. The van der Waals surface area contributed by atoms with E-state index < -0.39 is 0 Å². The van der Waals surface area contributed by atoms with Crippen molar-refractivity contribution in [3.05, 3.63) is 0 Å². The molecule has 2 N–H and O–H groups in total. The van der Waals surface area contributed by atoms with Gasteiger partial charge in [-0.1, -0.05) is 13.8 Å². The molecule has 0 bridgehead atoms. The maximum atomic E-state index is 11.1. The van der Waals surface area contributed by atoms with Gasteiger partial charge < -0.3 is 10.2 Å². The van der Waals surface area contributed by atoms with E-state index in [1.54, 1.807) is 0 Å². The summed E-state index contributed by atoms with van der Waals surface area (Å²) in [5.41, 5.74) is 0. The van der Waals surface area contributed by atoms with Gasteiger partial charge in [-0.15, -0.1) is 0 Å². The van der Waals surface area contributed by atoms with E-state index in [-0.39, 0.29) is 11.8 Å². The average molecular weight is 173 g/mol. The summed E-state index contributed by atoms with van der Waals surface area (Å²) in [7, 11) is 4.23. The van der Waals surface area contributed by atoms with Crippen LogP contribution >= 0.6 is 0 Å². The molecular weight excluding hydrogens is 152 g/mol. The van der Waals surface area contributed by atoms with E-state index in [4.69, 9.17) is 0 Å². The Labute approximate surface area is 75.1 Å². The highest BCUT2D eigenvalue weighted by molar-refractivity contribution is 5.77. The summed E-state index contributed by atoms with van der Waals surface area (Å²) in [4.78, 5) is 12.5. The number of hydrogen-bond donors (Lipinski definition) is 2. The van der Waals surface area contributed by atoms with Gasteiger partial charge in [-0.05, 0) is 0 Å². The molecule has 3 heteroatoms. The standard InChI is InChI=1S/C9H20N2O/c1-8(2)9(12)10-6-5-7-11(3)4/h8H,5-7H2,1-4H3,(H,10,12)/p+1. The topological polar surface area (TPSA) is 33.5 Å². The van der Waals surface area contributed by atoms with Gasteiger partial charge in [-0.3, -0.25) is 4.79 Å². The quantitative estimate of drug-likeness (QED) is 0.529. The molecule has 1 amide bonds. The Balaban J connectivity index is 3.26. The molecule has 3 nitrogen and oxygen atoms in total. The zero-order chi connectivity index (χ0) is 9.56. The maximum absolute atomic E-state index is 11.1. The molecule has 0 atom stereocenters. The van der Waals surface area contributed by atoms with Gasteiger partial charge in [0.1, 0.15) is 0 Å². The van der Waals surface area contributed by atoms with Crippen molar-refractivity contribution in [2.75, 3.05) is 27.2 Å². The highest BCUT2D eigenvalue weighted by Crippen LogP contribution is 1.89. The van der Waals surface area contributed by atoms with Gasteiger partial charge >= 0.3 is 0 Å². The molecule has 0 fully saturated rings. The van der Waals surface area contributed by atoms with Crippen molar-refractivity contribution in [3.63, 3.8) is 0 Å². The molecule has 0 radical (unpaired) electrons. The number of carbonyl (C=O) groups excluding carboxylic acids is 1. The van der Waals surface area contributed by atoms with Crippen molar-refractivity contribution in [1.82, 2.24) is 5.32 Å². The smallest absolute Gasteiger partial charge is 0.222 e. The fourth-order valence-corrected chi connectivity index (χ4v) is 0.858. The van der Waals surface area contributed by atoms with Crippen LogP contribution in [0.3, 0.4) is 0 Å². The lowest BCUT2D eigenvalue weighted by molar-refractivity contribution is -0.858. The van der Waals surface area contributed by atoms with Crippen LogP contribution in [0.25, 0.3) is 0 Å². The average Bonchev–Trinajstić information content (AvgIpc) is 1.97. The summed E-state index contributed by atoms with van der Waals surface area (Å²) in [5, 5.41) is 2.89. The monoisotopic (exact) mass is 173 g/mol. The fourth-order valence-electron chi connectivity index (χ4n) is 0.858. The van der Waals surface area contributed by atoms with Crippen LogP contribution in [0.4, 0.5) is 0 Å². The van der Waals surface area contributed by atoms with Crippen LogP contribution in [0, 0.1) is 5.92 Å². The number of nitrogens with one attached hydrogen (secondary N) is 2. The van der Waals surface area contributed by atoms with Gasteiger partial charge in [0.15, 0.2) is 0 Å². The van der Waals surface area contributed by atoms with Gasteiger partial charge in [0.25, 0.3) is 0 Å². The second-order valence-corrected chi connectivity index (χ2v) is 3.76. The van der Waals surface area contributed by atoms with Crippen LogP contribution in [0.5, 0.6) is 0 Å². The molecular formula is C9H21N2O+. The molecule has 0 spiro atoms. The minimum atomic E-state index is 0.108. The van der Waals surface area contributed by atoms with E-state index in [0.29, 0.717) is 0 Å².